The van der Waals surface area contributed by atoms with Gasteiger partial charge in [-0.25, -0.2) is 4.98 Å². The molecule has 0 unspecified atom stereocenters. The molecule has 0 fully saturated rings. The molecule has 1 N–H and O–H groups in total. The lowest BCUT2D eigenvalue weighted by atomic mass is 10.1. The minimum Gasteiger partial charge on any atom is -0.506 e. The van der Waals surface area contributed by atoms with Crippen molar-refractivity contribution in [2.45, 2.75) is 0 Å². The summed E-state index contributed by atoms with van der Waals surface area (Å²) in [5.41, 5.74) is 1.44. The second-order valence-electron chi connectivity index (χ2n) is 3.01. The fourth-order valence-corrected chi connectivity index (χ4v) is 1.80. The molecule has 76 valence electrons. The molecule has 0 atom stereocenters. The minimum absolute atomic E-state index is 0.178. The van der Waals surface area contributed by atoms with Crippen LogP contribution in [0.2, 0.25) is 5.02 Å². The summed E-state index contributed by atoms with van der Waals surface area (Å²) in [5.74, 6) is 0.178. The smallest absolute Gasteiger partial charge is 0.141 e. The average molecular weight is 332 g/mol. The normalized spacial score (nSPS) is 10.3. The van der Waals surface area contributed by atoms with Crippen molar-refractivity contribution < 1.29 is 5.11 Å². The molecule has 0 radical (unpaired) electrons. The SMILES string of the molecule is Oc1ccc(I)nc1-c1ccc(Cl)cc1. The van der Waals surface area contributed by atoms with Crippen molar-refractivity contribution in [1.29, 1.82) is 0 Å². The lowest BCUT2D eigenvalue weighted by molar-refractivity contribution is 0.475. The van der Waals surface area contributed by atoms with Crippen molar-refractivity contribution in [1.82, 2.24) is 4.98 Å². The van der Waals surface area contributed by atoms with Gasteiger partial charge < -0.3 is 5.11 Å². The zero-order valence-corrected chi connectivity index (χ0v) is 10.5. The monoisotopic (exact) mass is 331 g/mol. The number of halogens is 2. The van der Waals surface area contributed by atoms with E-state index in [1.54, 1.807) is 24.3 Å². The Morgan fingerprint density at radius 3 is 2.40 bits per heavy atom. The Balaban J connectivity index is 2.53. The molecular formula is C11H7ClINO. The van der Waals surface area contributed by atoms with Crippen molar-refractivity contribution in [2.24, 2.45) is 0 Å². The maximum Gasteiger partial charge on any atom is 0.141 e. The molecule has 0 amide bonds. The summed E-state index contributed by atoms with van der Waals surface area (Å²) in [7, 11) is 0. The van der Waals surface area contributed by atoms with Gasteiger partial charge in [0.15, 0.2) is 0 Å². The first-order valence-corrected chi connectivity index (χ1v) is 5.74. The zero-order chi connectivity index (χ0) is 10.8. The van der Waals surface area contributed by atoms with Crippen LogP contribution in [0.15, 0.2) is 36.4 Å². The van der Waals surface area contributed by atoms with E-state index < -0.39 is 0 Å². The van der Waals surface area contributed by atoms with Crippen molar-refractivity contribution in [3.05, 3.63) is 45.1 Å². The molecule has 0 bridgehead atoms. The summed E-state index contributed by atoms with van der Waals surface area (Å²) >= 11 is 7.89. The minimum atomic E-state index is 0.178. The molecule has 1 aromatic carbocycles. The molecule has 2 rings (SSSR count). The fraction of sp³-hybridized carbons (Fsp3) is 0. The van der Waals surface area contributed by atoms with Crippen LogP contribution in [0.3, 0.4) is 0 Å². The maximum absolute atomic E-state index is 9.66. The molecule has 2 aromatic rings. The Labute approximate surface area is 106 Å². The third kappa shape index (κ3) is 2.41. The summed E-state index contributed by atoms with van der Waals surface area (Å²) in [5, 5.41) is 10.3. The predicted octanol–water partition coefficient (Wildman–Crippen LogP) is 3.71. The Kier molecular flexibility index (Phi) is 3.11. The summed E-state index contributed by atoms with van der Waals surface area (Å²) in [4.78, 5) is 4.27. The molecule has 15 heavy (non-hydrogen) atoms. The van der Waals surface area contributed by atoms with Gasteiger partial charge in [0.05, 0.1) is 0 Å². The van der Waals surface area contributed by atoms with E-state index in [1.165, 1.54) is 0 Å². The molecule has 0 aliphatic rings. The van der Waals surface area contributed by atoms with Crippen LogP contribution in [0.1, 0.15) is 0 Å². The number of rotatable bonds is 1. The Morgan fingerprint density at radius 1 is 1.07 bits per heavy atom. The zero-order valence-electron chi connectivity index (χ0n) is 7.61. The maximum atomic E-state index is 9.66. The Morgan fingerprint density at radius 2 is 1.73 bits per heavy atom. The molecule has 1 heterocycles. The van der Waals surface area contributed by atoms with Gasteiger partial charge >= 0.3 is 0 Å². The number of benzene rings is 1. The molecule has 1 aromatic heterocycles. The molecule has 2 nitrogen and oxygen atoms in total. The van der Waals surface area contributed by atoms with Crippen LogP contribution in [0, 0.1) is 3.70 Å². The lowest BCUT2D eigenvalue weighted by Crippen LogP contribution is -1.87. The van der Waals surface area contributed by atoms with Gasteiger partial charge in [-0.05, 0) is 46.9 Å². The van der Waals surface area contributed by atoms with Crippen LogP contribution in [-0.4, -0.2) is 10.1 Å². The van der Waals surface area contributed by atoms with Gasteiger partial charge in [-0.1, -0.05) is 23.7 Å². The Hall–Kier alpha value is -0.810. The van der Waals surface area contributed by atoms with Crippen LogP contribution >= 0.6 is 34.2 Å². The van der Waals surface area contributed by atoms with Crippen molar-refractivity contribution in [3.8, 4) is 17.0 Å². The van der Waals surface area contributed by atoms with Gasteiger partial charge in [-0.15, -0.1) is 0 Å². The number of nitrogens with zero attached hydrogens (tertiary/aromatic N) is 1. The van der Waals surface area contributed by atoms with Gasteiger partial charge in [0.25, 0.3) is 0 Å². The molecule has 0 spiro atoms. The van der Waals surface area contributed by atoms with E-state index in [4.69, 9.17) is 11.6 Å². The average Bonchev–Trinajstić information content (AvgIpc) is 2.23. The first kappa shape index (κ1) is 10.7. The molecule has 0 saturated heterocycles. The molecular weight excluding hydrogens is 324 g/mol. The molecule has 0 aliphatic heterocycles. The first-order valence-electron chi connectivity index (χ1n) is 4.28. The van der Waals surface area contributed by atoms with E-state index in [0.717, 1.165) is 9.26 Å². The second kappa shape index (κ2) is 4.37. The van der Waals surface area contributed by atoms with Crippen LogP contribution in [0.25, 0.3) is 11.3 Å². The number of pyridine rings is 1. The number of aromatic hydroxyl groups is 1. The third-order valence-corrected chi connectivity index (χ3v) is 2.81. The van der Waals surface area contributed by atoms with Crippen LogP contribution in [-0.2, 0) is 0 Å². The molecule has 0 saturated carbocycles. The molecule has 4 heteroatoms. The highest BCUT2D eigenvalue weighted by molar-refractivity contribution is 14.1. The van der Waals surface area contributed by atoms with Gasteiger partial charge in [-0.2, -0.15) is 0 Å². The van der Waals surface area contributed by atoms with Gasteiger partial charge in [0, 0.05) is 10.6 Å². The third-order valence-electron chi connectivity index (χ3n) is 1.96. The van der Waals surface area contributed by atoms with Crippen LogP contribution in [0.5, 0.6) is 5.75 Å². The number of aromatic nitrogens is 1. The van der Waals surface area contributed by atoms with E-state index in [0.29, 0.717) is 10.7 Å². The highest BCUT2D eigenvalue weighted by Crippen LogP contribution is 2.28. The van der Waals surface area contributed by atoms with Gasteiger partial charge in [0.1, 0.15) is 15.1 Å². The van der Waals surface area contributed by atoms with E-state index in [1.807, 2.05) is 12.1 Å². The predicted molar refractivity (Wildman–Crippen MR) is 69.1 cm³/mol. The topological polar surface area (TPSA) is 33.1 Å². The van der Waals surface area contributed by atoms with E-state index >= 15 is 0 Å². The van der Waals surface area contributed by atoms with Crippen LogP contribution < -0.4 is 0 Å². The number of hydrogen-bond donors (Lipinski definition) is 1. The van der Waals surface area contributed by atoms with Crippen molar-refractivity contribution in [3.63, 3.8) is 0 Å². The Bertz CT molecular complexity index is 484. The van der Waals surface area contributed by atoms with Crippen LogP contribution in [0.4, 0.5) is 0 Å². The number of hydrogen-bond acceptors (Lipinski definition) is 2. The second-order valence-corrected chi connectivity index (χ2v) is 4.55. The first-order chi connectivity index (χ1) is 7.16. The van der Waals surface area contributed by atoms with Gasteiger partial charge in [0.2, 0.25) is 0 Å². The van der Waals surface area contributed by atoms with E-state index in [-0.39, 0.29) is 5.75 Å². The summed E-state index contributed by atoms with van der Waals surface area (Å²) in [6.07, 6.45) is 0. The van der Waals surface area contributed by atoms with E-state index in [9.17, 15) is 5.11 Å². The van der Waals surface area contributed by atoms with Crippen molar-refractivity contribution in [2.75, 3.05) is 0 Å². The lowest BCUT2D eigenvalue weighted by Gasteiger charge is -2.04. The largest absolute Gasteiger partial charge is 0.506 e. The fourth-order valence-electron chi connectivity index (χ4n) is 1.25. The van der Waals surface area contributed by atoms with E-state index in [2.05, 4.69) is 27.6 Å². The van der Waals surface area contributed by atoms with Crippen molar-refractivity contribution >= 4 is 34.2 Å². The standard InChI is InChI=1S/C11H7ClINO/c12-8-3-1-7(2-4-8)11-9(15)5-6-10(13)14-11/h1-6,15H. The molecule has 0 aliphatic carbocycles. The summed E-state index contributed by atoms with van der Waals surface area (Å²) in [6.45, 7) is 0. The highest BCUT2D eigenvalue weighted by atomic mass is 127. The quantitative estimate of drug-likeness (QED) is 0.638. The van der Waals surface area contributed by atoms with Gasteiger partial charge in [-0.3, -0.25) is 0 Å². The summed E-state index contributed by atoms with van der Waals surface area (Å²) < 4.78 is 0.843. The highest BCUT2D eigenvalue weighted by Gasteiger charge is 2.06. The summed E-state index contributed by atoms with van der Waals surface area (Å²) in [6, 6.07) is 10.6.